The number of hydrogen-bond acceptors (Lipinski definition) is 5. The van der Waals surface area contributed by atoms with E-state index in [4.69, 9.17) is 4.74 Å². The maximum atomic E-state index is 11.7. The van der Waals surface area contributed by atoms with E-state index in [1.807, 2.05) is 18.2 Å². The Balaban J connectivity index is 1.80. The number of rotatable bonds is 4. The molecule has 22 heavy (non-hydrogen) atoms. The monoisotopic (exact) mass is 306 g/mol. The molecule has 0 radical (unpaired) electrons. The predicted molar refractivity (Wildman–Crippen MR) is 83.6 cm³/mol. The quantitative estimate of drug-likeness (QED) is 0.765. The molecule has 7 heteroatoms. The van der Waals surface area contributed by atoms with Gasteiger partial charge >= 0.3 is 0 Å². The summed E-state index contributed by atoms with van der Waals surface area (Å²) in [5.74, 6) is 0.357. The van der Waals surface area contributed by atoms with E-state index in [0.717, 1.165) is 37.6 Å². The Morgan fingerprint density at radius 1 is 1.18 bits per heavy atom. The van der Waals surface area contributed by atoms with Gasteiger partial charge in [0.2, 0.25) is 5.91 Å². The number of methoxy groups -OCH3 is 1. The Morgan fingerprint density at radius 2 is 1.91 bits per heavy atom. The Labute approximate surface area is 130 Å². The van der Waals surface area contributed by atoms with Crippen LogP contribution in [-0.2, 0) is 9.59 Å². The highest BCUT2D eigenvalue weighted by molar-refractivity contribution is 5.81. The molecule has 1 aromatic carbocycles. The first-order chi connectivity index (χ1) is 10.6. The predicted octanol–water partition coefficient (Wildman–Crippen LogP) is -0.0155. The van der Waals surface area contributed by atoms with Crippen molar-refractivity contribution in [2.75, 3.05) is 44.7 Å². The third kappa shape index (κ3) is 4.63. The zero-order valence-electron chi connectivity index (χ0n) is 13.0. The van der Waals surface area contributed by atoms with Crippen molar-refractivity contribution in [3.63, 3.8) is 0 Å². The summed E-state index contributed by atoms with van der Waals surface area (Å²) in [6.07, 6.45) is 0. The van der Waals surface area contributed by atoms with Crippen LogP contribution in [0.25, 0.3) is 0 Å². The first-order valence-corrected chi connectivity index (χ1v) is 7.25. The maximum absolute atomic E-state index is 11.7. The van der Waals surface area contributed by atoms with Crippen LogP contribution in [0.2, 0.25) is 0 Å². The van der Waals surface area contributed by atoms with Gasteiger partial charge in [-0.2, -0.15) is 0 Å². The molecule has 0 aliphatic carbocycles. The number of hydrazine groups is 1. The van der Waals surface area contributed by atoms with Crippen molar-refractivity contribution < 1.29 is 14.3 Å². The van der Waals surface area contributed by atoms with Gasteiger partial charge in [-0.3, -0.25) is 25.3 Å². The van der Waals surface area contributed by atoms with Crippen LogP contribution in [0.5, 0.6) is 5.75 Å². The molecule has 1 heterocycles. The summed E-state index contributed by atoms with van der Waals surface area (Å²) in [4.78, 5) is 26.7. The summed E-state index contributed by atoms with van der Waals surface area (Å²) in [5.41, 5.74) is 5.80. The van der Waals surface area contributed by atoms with Crippen molar-refractivity contribution in [3.8, 4) is 5.75 Å². The van der Waals surface area contributed by atoms with Gasteiger partial charge in [-0.25, -0.2) is 0 Å². The highest BCUT2D eigenvalue weighted by atomic mass is 16.5. The molecule has 2 N–H and O–H groups in total. The number of nitrogens with zero attached hydrogens (tertiary/aromatic N) is 2. The molecule has 1 aliphatic rings. The Morgan fingerprint density at radius 3 is 2.55 bits per heavy atom. The molecule has 1 aromatic rings. The third-order valence-corrected chi connectivity index (χ3v) is 3.54. The number of nitrogens with one attached hydrogen (secondary N) is 2. The summed E-state index contributed by atoms with van der Waals surface area (Å²) in [5, 5.41) is 0. The number of piperazine rings is 1. The largest absolute Gasteiger partial charge is 0.497 e. The van der Waals surface area contributed by atoms with Crippen molar-refractivity contribution in [1.29, 1.82) is 0 Å². The van der Waals surface area contributed by atoms with Crippen molar-refractivity contribution in [1.82, 2.24) is 15.8 Å². The van der Waals surface area contributed by atoms with Gasteiger partial charge in [0.1, 0.15) is 5.75 Å². The van der Waals surface area contributed by atoms with Crippen LogP contribution in [0.4, 0.5) is 5.69 Å². The lowest BCUT2D eigenvalue weighted by molar-refractivity contribution is -0.128. The van der Waals surface area contributed by atoms with E-state index in [1.165, 1.54) is 6.92 Å². The molecule has 2 amide bonds. The van der Waals surface area contributed by atoms with E-state index < -0.39 is 0 Å². The average Bonchev–Trinajstić information content (AvgIpc) is 2.54. The number of hydrogen-bond donors (Lipinski definition) is 2. The molecular formula is C15H22N4O3. The zero-order valence-corrected chi connectivity index (χ0v) is 13.0. The standard InChI is InChI=1S/C15H22N4O3/c1-12(20)16-17-15(21)11-18-6-8-19(9-7-18)13-4-3-5-14(10-13)22-2/h3-5,10H,6-9,11H2,1-2H3,(H,16,20)(H,17,21). The van der Waals surface area contributed by atoms with Crippen molar-refractivity contribution in [2.45, 2.75) is 6.92 Å². The van der Waals surface area contributed by atoms with Crippen molar-refractivity contribution >= 4 is 17.5 Å². The smallest absolute Gasteiger partial charge is 0.252 e. The van der Waals surface area contributed by atoms with E-state index in [9.17, 15) is 9.59 Å². The first kappa shape index (κ1) is 16.1. The van der Waals surface area contributed by atoms with Gasteiger partial charge in [-0.15, -0.1) is 0 Å². The second-order valence-corrected chi connectivity index (χ2v) is 5.19. The van der Waals surface area contributed by atoms with Gasteiger partial charge in [-0.1, -0.05) is 6.07 Å². The Bertz CT molecular complexity index is 527. The van der Waals surface area contributed by atoms with E-state index in [1.54, 1.807) is 7.11 Å². The molecule has 0 saturated carbocycles. The fourth-order valence-electron chi connectivity index (χ4n) is 2.37. The van der Waals surface area contributed by atoms with Crippen molar-refractivity contribution in [3.05, 3.63) is 24.3 Å². The Kier molecular flexibility index (Phi) is 5.60. The lowest BCUT2D eigenvalue weighted by atomic mass is 10.2. The Hall–Kier alpha value is -2.28. The van der Waals surface area contributed by atoms with Crippen LogP contribution >= 0.6 is 0 Å². The van der Waals surface area contributed by atoms with Gasteiger partial charge in [0.25, 0.3) is 5.91 Å². The van der Waals surface area contributed by atoms with Crippen LogP contribution in [0, 0.1) is 0 Å². The van der Waals surface area contributed by atoms with Crippen molar-refractivity contribution in [2.24, 2.45) is 0 Å². The van der Waals surface area contributed by atoms with Crippen LogP contribution in [-0.4, -0.2) is 56.5 Å². The van der Waals surface area contributed by atoms with E-state index in [0.29, 0.717) is 0 Å². The summed E-state index contributed by atoms with van der Waals surface area (Å²) < 4.78 is 5.24. The molecule has 0 spiro atoms. The van der Waals surface area contributed by atoms with Crippen LogP contribution in [0.3, 0.4) is 0 Å². The minimum absolute atomic E-state index is 0.204. The van der Waals surface area contributed by atoms with Gasteiger partial charge in [0, 0.05) is 44.9 Å². The third-order valence-electron chi connectivity index (χ3n) is 3.54. The van der Waals surface area contributed by atoms with Gasteiger partial charge < -0.3 is 9.64 Å². The fourth-order valence-corrected chi connectivity index (χ4v) is 2.37. The topological polar surface area (TPSA) is 73.9 Å². The average molecular weight is 306 g/mol. The molecule has 0 atom stereocenters. The highest BCUT2D eigenvalue weighted by Gasteiger charge is 2.19. The number of anilines is 1. The second-order valence-electron chi connectivity index (χ2n) is 5.19. The molecule has 7 nitrogen and oxygen atoms in total. The molecular weight excluding hydrogens is 284 g/mol. The van der Waals surface area contributed by atoms with E-state index >= 15 is 0 Å². The lowest BCUT2D eigenvalue weighted by Crippen LogP contribution is -2.51. The fraction of sp³-hybridized carbons (Fsp3) is 0.467. The maximum Gasteiger partial charge on any atom is 0.252 e. The minimum Gasteiger partial charge on any atom is -0.497 e. The van der Waals surface area contributed by atoms with Crippen LogP contribution in [0.1, 0.15) is 6.92 Å². The number of carbonyl (C=O) groups excluding carboxylic acids is 2. The lowest BCUT2D eigenvalue weighted by Gasteiger charge is -2.35. The summed E-state index contributed by atoms with van der Waals surface area (Å²) in [7, 11) is 1.66. The normalized spacial score (nSPS) is 15.3. The first-order valence-electron chi connectivity index (χ1n) is 7.25. The van der Waals surface area contributed by atoms with Crippen LogP contribution < -0.4 is 20.5 Å². The van der Waals surface area contributed by atoms with E-state index in [-0.39, 0.29) is 18.4 Å². The van der Waals surface area contributed by atoms with Gasteiger partial charge in [0.05, 0.1) is 13.7 Å². The van der Waals surface area contributed by atoms with Gasteiger partial charge in [0.15, 0.2) is 0 Å². The molecule has 120 valence electrons. The summed E-state index contributed by atoms with van der Waals surface area (Å²) in [6.45, 7) is 4.93. The molecule has 1 fully saturated rings. The molecule has 2 rings (SSSR count). The summed E-state index contributed by atoms with van der Waals surface area (Å²) in [6, 6.07) is 7.97. The zero-order chi connectivity index (χ0) is 15.9. The molecule has 0 unspecified atom stereocenters. The molecule has 1 aliphatic heterocycles. The van der Waals surface area contributed by atoms with Gasteiger partial charge in [-0.05, 0) is 12.1 Å². The SMILES string of the molecule is COc1cccc(N2CCN(CC(=O)NNC(C)=O)CC2)c1. The number of ether oxygens (including phenoxy) is 1. The van der Waals surface area contributed by atoms with Crippen LogP contribution in [0.15, 0.2) is 24.3 Å². The number of benzene rings is 1. The highest BCUT2D eigenvalue weighted by Crippen LogP contribution is 2.21. The number of amides is 2. The minimum atomic E-state index is -0.281. The second kappa shape index (κ2) is 7.65. The van der Waals surface area contributed by atoms with E-state index in [2.05, 4.69) is 26.7 Å². The molecule has 1 saturated heterocycles. The summed E-state index contributed by atoms with van der Waals surface area (Å²) >= 11 is 0. The molecule has 0 aromatic heterocycles. The number of carbonyl (C=O) groups is 2. The molecule has 0 bridgehead atoms.